The van der Waals surface area contributed by atoms with E-state index in [4.69, 9.17) is 5.73 Å². The molecule has 1 saturated heterocycles. The van der Waals surface area contributed by atoms with E-state index >= 15 is 0 Å². The van der Waals surface area contributed by atoms with Crippen molar-refractivity contribution in [2.45, 2.75) is 36.1 Å². The van der Waals surface area contributed by atoms with Gasteiger partial charge in [-0.05, 0) is 30.0 Å². The second kappa shape index (κ2) is 6.87. The lowest BCUT2D eigenvalue weighted by Gasteiger charge is -2.41. The summed E-state index contributed by atoms with van der Waals surface area (Å²) < 4.78 is 63.4. The van der Waals surface area contributed by atoms with Crippen molar-refractivity contribution in [3.63, 3.8) is 0 Å². The Kier molecular flexibility index (Phi) is 6.10. The monoisotopic (exact) mass is 400 g/mol. The van der Waals surface area contributed by atoms with Gasteiger partial charge in [-0.1, -0.05) is 13.8 Å². The fourth-order valence-electron chi connectivity index (χ4n) is 2.62. The van der Waals surface area contributed by atoms with Gasteiger partial charge in [0, 0.05) is 25.4 Å². The van der Waals surface area contributed by atoms with Gasteiger partial charge in [-0.15, -0.1) is 12.4 Å². The molecular formula is C14H22ClFN2O4S2. The van der Waals surface area contributed by atoms with Crippen LogP contribution in [0.5, 0.6) is 0 Å². The summed E-state index contributed by atoms with van der Waals surface area (Å²) in [6, 6.07) is 2.75. The largest absolute Gasteiger partial charge is 0.327 e. The van der Waals surface area contributed by atoms with Crippen LogP contribution >= 0.6 is 12.4 Å². The van der Waals surface area contributed by atoms with Crippen molar-refractivity contribution < 1.29 is 21.2 Å². The maximum Gasteiger partial charge on any atom is 0.243 e. The molecule has 0 radical (unpaired) electrons. The number of nitrogens with two attached hydrogens (primary N) is 1. The van der Waals surface area contributed by atoms with Crippen LogP contribution in [0.2, 0.25) is 0 Å². The smallest absolute Gasteiger partial charge is 0.243 e. The van der Waals surface area contributed by atoms with Crippen LogP contribution in [-0.4, -0.2) is 46.5 Å². The number of nitrogens with zero attached hydrogens (tertiary/aromatic N) is 1. The van der Waals surface area contributed by atoms with Crippen molar-refractivity contribution in [1.82, 2.24) is 4.31 Å². The first kappa shape index (κ1) is 21.3. The minimum atomic E-state index is -3.90. The fourth-order valence-corrected chi connectivity index (χ4v) is 4.99. The minimum absolute atomic E-state index is 0. The molecule has 1 aliphatic heterocycles. The predicted molar refractivity (Wildman–Crippen MR) is 91.9 cm³/mol. The molecule has 2 N–H and O–H groups in total. The van der Waals surface area contributed by atoms with Crippen LogP contribution in [0.4, 0.5) is 4.39 Å². The zero-order chi connectivity index (χ0) is 17.6. The average Bonchev–Trinajstić information content (AvgIpc) is 2.40. The quantitative estimate of drug-likeness (QED) is 0.826. The fraction of sp³-hybridized carbons (Fsp3) is 0.571. The third-order valence-corrected chi connectivity index (χ3v) is 7.19. The molecule has 1 aromatic rings. The van der Waals surface area contributed by atoms with Gasteiger partial charge in [0.2, 0.25) is 10.0 Å². The Bertz CT molecular complexity index is 825. The van der Waals surface area contributed by atoms with E-state index < -0.39 is 36.0 Å². The van der Waals surface area contributed by atoms with E-state index in [0.717, 1.165) is 24.5 Å². The van der Waals surface area contributed by atoms with Crippen LogP contribution in [0, 0.1) is 11.2 Å². The molecule has 1 unspecified atom stereocenters. The maximum atomic E-state index is 14.0. The average molecular weight is 401 g/mol. The molecule has 1 aromatic carbocycles. The molecule has 1 fully saturated rings. The molecule has 138 valence electrons. The highest BCUT2D eigenvalue weighted by atomic mass is 35.5. The van der Waals surface area contributed by atoms with E-state index in [-0.39, 0.29) is 36.4 Å². The van der Waals surface area contributed by atoms with Crippen LogP contribution < -0.4 is 5.73 Å². The maximum absolute atomic E-state index is 14.0. The van der Waals surface area contributed by atoms with Gasteiger partial charge in [0.05, 0.1) is 4.90 Å². The Morgan fingerprint density at radius 3 is 2.29 bits per heavy atom. The number of halogens is 2. The van der Waals surface area contributed by atoms with Gasteiger partial charge in [-0.25, -0.2) is 21.2 Å². The van der Waals surface area contributed by atoms with Crippen molar-refractivity contribution in [2.75, 3.05) is 19.3 Å². The first-order valence-electron chi connectivity index (χ1n) is 7.11. The van der Waals surface area contributed by atoms with E-state index in [1.165, 1.54) is 4.31 Å². The van der Waals surface area contributed by atoms with E-state index in [1.807, 2.05) is 13.8 Å². The van der Waals surface area contributed by atoms with E-state index in [9.17, 15) is 21.2 Å². The molecule has 2 rings (SSSR count). The van der Waals surface area contributed by atoms with E-state index in [1.54, 1.807) is 0 Å². The zero-order valence-electron chi connectivity index (χ0n) is 13.7. The highest BCUT2D eigenvalue weighted by molar-refractivity contribution is 7.90. The van der Waals surface area contributed by atoms with Gasteiger partial charge in [-0.2, -0.15) is 4.31 Å². The standard InChI is InChI=1S/C14H21FN2O4S2.ClH/c1-14(2)9-17(7-6-13(14)16)23(20,21)10-4-5-12(11(15)8-10)22(3,18)19;/h4-5,8,13H,6-7,9,16H2,1-3H3;1H. The summed E-state index contributed by atoms with van der Waals surface area (Å²) in [5.41, 5.74) is 5.61. The van der Waals surface area contributed by atoms with Crippen molar-refractivity contribution in [1.29, 1.82) is 0 Å². The molecule has 0 spiro atoms. The Morgan fingerprint density at radius 2 is 1.83 bits per heavy atom. The number of benzene rings is 1. The lowest BCUT2D eigenvalue weighted by Crippen LogP contribution is -2.53. The number of hydrogen-bond donors (Lipinski definition) is 1. The number of piperidine rings is 1. The van der Waals surface area contributed by atoms with Crippen molar-refractivity contribution >= 4 is 32.3 Å². The molecule has 1 aliphatic rings. The first-order valence-corrected chi connectivity index (χ1v) is 10.4. The molecule has 0 aliphatic carbocycles. The molecule has 0 aromatic heterocycles. The molecular weight excluding hydrogens is 379 g/mol. The summed E-state index contributed by atoms with van der Waals surface area (Å²) in [5.74, 6) is -1.07. The van der Waals surface area contributed by atoms with Gasteiger partial charge in [0.15, 0.2) is 9.84 Å². The summed E-state index contributed by atoms with van der Waals surface area (Å²) in [6.07, 6.45) is 1.38. The summed E-state index contributed by atoms with van der Waals surface area (Å²) in [5, 5.41) is 0. The highest BCUT2D eigenvalue weighted by Gasteiger charge is 2.39. The van der Waals surface area contributed by atoms with Gasteiger partial charge in [0.25, 0.3) is 0 Å². The van der Waals surface area contributed by atoms with Crippen LogP contribution in [0.1, 0.15) is 20.3 Å². The number of sulfonamides is 1. The van der Waals surface area contributed by atoms with Crippen LogP contribution in [0.15, 0.2) is 28.0 Å². The molecule has 10 heteroatoms. The molecule has 1 atom stereocenters. The van der Waals surface area contributed by atoms with Crippen LogP contribution in [-0.2, 0) is 19.9 Å². The molecule has 6 nitrogen and oxygen atoms in total. The summed E-state index contributed by atoms with van der Waals surface area (Å²) in [4.78, 5) is -0.772. The van der Waals surface area contributed by atoms with Crippen molar-refractivity contribution in [3.05, 3.63) is 24.0 Å². The second-order valence-corrected chi connectivity index (χ2v) is 10.5. The first-order chi connectivity index (χ1) is 10.4. The zero-order valence-corrected chi connectivity index (χ0v) is 16.1. The van der Waals surface area contributed by atoms with Gasteiger partial charge < -0.3 is 5.73 Å². The number of sulfone groups is 1. The van der Waals surface area contributed by atoms with Gasteiger partial charge >= 0.3 is 0 Å². The Balaban J connectivity index is 0.00000288. The van der Waals surface area contributed by atoms with Crippen molar-refractivity contribution in [2.24, 2.45) is 11.1 Å². The summed E-state index contributed by atoms with van der Waals surface area (Å²) in [6.45, 7) is 4.24. The summed E-state index contributed by atoms with van der Waals surface area (Å²) in [7, 11) is -7.64. The predicted octanol–water partition coefficient (Wildman–Crippen LogP) is 1.40. The minimum Gasteiger partial charge on any atom is -0.327 e. The Morgan fingerprint density at radius 1 is 1.25 bits per heavy atom. The van der Waals surface area contributed by atoms with Gasteiger partial charge in [-0.3, -0.25) is 0 Å². The number of rotatable bonds is 3. The summed E-state index contributed by atoms with van der Waals surface area (Å²) >= 11 is 0. The number of hydrogen-bond acceptors (Lipinski definition) is 5. The van der Waals surface area contributed by atoms with E-state index in [0.29, 0.717) is 6.42 Å². The molecule has 24 heavy (non-hydrogen) atoms. The van der Waals surface area contributed by atoms with Gasteiger partial charge in [0.1, 0.15) is 10.7 Å². The lowest BCUT2D eigenvalue weighted by atomic mass is 9.81. The van der Waals surface area contributed by atoms with Crippen molar-refractivity contribution in [3.8, 4) is 0 Å². The third-order valence-electron chi connectivity index (χ3n) is 4.22. The topological polar surface area (TPSA) is 97.5 Å². The Labute approximate surface area is 148 Å². The lowest BCUT2D eigenvalue weighted by molar-refractivity contribution is 0.155. The Hall–Kier alpha value is -0.740. The SMILES string of the molecule is CC1(C)CN(S(=O)(=O)c2ccc(S(C)(=O)=O)c(F)c2)CCC1N.Cl. The van der Waals surface area contributed by atoms with Crippen LogP contribution in [0.25, 0.3) is 0 Å². The molecule has 0 saturated carbocycles. The molecule has 0 bridgehead atoms. The van der Waals surface area contributed by atoms with Crippen LogP contribution in [0.3, 0.4) is 0 Å². The van der Waals surface area contributed by atoms with E-state index in [2.05, 4.69) is 0 Å². The second-order valence-electron chi connectivity index (χ2n) is 6.59. The molecule has 1 heterocycles. The normalized spacial score (nSPS) is 22.0. The highest BCUT2D eigenvalue weighted by Crippen LogP contribution is 2.31. The third kappa shape index (κ3) is 4.08. The molecule has 0 amide bonds.